The van der Waals surface area contributed by atoms with Crippen LogP contribution in [-0.2, 0) is 6.54 Å². The Kier molecular flexibility index (Phi) is 5.82. The topological polar surface area (TPSA) is 49.8 Å². The number of halogens is 4. The summed E-state index contributed by atoms with van der Waals surface area (Å²) < 4.78 is -0.556. The van der Waals surface area contributed by atoms with E-state index in [0.29, 0.717) is 11.6 Å². The van der Waals surface area contributed by atoms with Crippen molar-refractivity contribution in [2.45, 2.75) is 14.7 Å². The third-order valence-electron chi connectivity index (χ3n) is 3.98. The third-order valence-corrected chi connectivity index (χ3v) is 5.65. The molecule has 2 aromatic rings. The highest BCUT2D eigenvalue weighted by atomic mass is 80.0. The van der Waals surface area contributed by atoms with E-state index in [4.69, 9.17) is 16.8 Å². The predicted molar refractivity (Wildman–Crippen MR) is 112 cm³/mol. The lowest BCUT2D eigenvalue weighted by atomic mass is 9.97. The van der Waals surface area contributed by atoms with Gasteiger partial charge in [-0.3, -0.25) is 5.21 Å². The van der Waals surface area contributed by atoms with E-state index in [9.17, 15) is 5.21 Å². The first-order chi connectivity index (χ1) is 11.8. The maximum Gasteiger partial charge on any atom is 0.159 e. The van der Waals surface area contributed by atoms with Gasteiger partial charge in [0.1, 0.15) is 0 Å². The lowest BCUT2D eigenvalue weighted by Crippen LogP contribution is -2.34. The Hall–Kier alpha value is -0.570. The number of rotatable bonds is 3. The molecule has 0 aliphatic carbocycles. The predicted octanol–water partition coefficient (Wildman–Crippen LogP) is 6.40. The Bertz CT molecular complexity index is 809. The van der Waals surface area contributed by atoms with Gasteiger partial charge in [-0.15, -0.1) is 0 Å². The number of nitrogens with zero attached hydrogens (tertiary/aromatic N) is 2. The summed E-state index contributed by atoms with van der Waals surface area (Å²) in [6, 6.07) is 12.7. The normalized spacial score (nSPS) is 16.7. The van der Waals surface area contributed by atoms with Gasteiger partial charge in [0.2, 0.25) is 0 Å². The second-order valence-corrected chi connectivity index (χ2v) is 13.0. The molecule has 0 saturated heterocycles. The van der Waals surface area contributed by atoms with Crippen LogP contribution in [0.15, 0.2) is 48.7 Å². The Morgan fingerprint density at radius 2 is 1.92 bits per heavy atom. The van der Waals surface area contributed by atoms with E-state index >= 15 is 0 Å². The van der Waals surface area contributed by atoms with Gasteiger partial charge >= 0.3 is 0 Å². The quantitative estimate of drug-likeness (QED) is 0.354. The van der Waals surface area contributed by atoms with E-state index in [2.05, 4.69) is 64.8 Å². The summed E-state index contributed by atoms with van der Waals surface area (Å²) in [5.41, 5.74) is 3.14. The van der Waals surface area contributed by atoms with Crippen LogP contribution in [0, 0.1) is 5.21 Å². The van der Waals surface area contributed by atoms with Gasteiger partial charge in [0.25, 0.3) is 0 Å². The van der Waals surface area contributed by atoms with Crippen molar-refractivity contribution in [3.63, 3.8) is 0 Å². The minimum absolute atomic E-state index is 0.0779. The fourth-order valence-corrected chi connectivity index (χ4v) is 4.56. The standard InChI is InChI=1S/C17H13Br3ClN2O2/c18-17(19,20)16-14-4-2-1-3-11(14)7-8-22(16)10-12-9-13(23(24)25)5-6-15(12)21/h1-9,16,24H,10H2/q-1/t16-/m1/s1. The minimum atomic E-state index is -0.556. The van der Waals surface area contributed by atoms with E-state index < -0.39 is 2.14 Å². The lowest BCUT2D eigenvalue weighted by molar-refractivity contribution is 0.281. The fraction of sp³-hybridized carbons (Fsp3) is 0.176. The zero-order valence-corrected chi connectivity index (χ0v) is 18.3. The molecule has 0 radical (unpaired) electrons. The fourth-order valence-electron chi connectivity index (χ4n) is 2.86. The molecule has 3 rings (SSSR count). The SMILES string of the molecule is [O-]N(O)c1ccc(Cl)c(CN2C=Cc3ccccc3[C@@H]2C(Br)(Br)Br)c1. The van der Waals surface area contributed by atoms with Gasteiger partial charge in [-0.1, -0.05) is 83.7 Å². The van der Waals surface area contributed by atoms with Gasteiger partial charge in [-0.05, 0) is 41.0 Å². The summed E-state index contributed by atoms with van der Waals surface area (Å²) in [5.74, 6) is 0. The second kappa shape index (κ2) is 7.58. The molecule has 1 N–H and O–H groups in total. The van der Waals surface area contributed by atoms with Crippen molar-refractivity contribution in [2.24, 2.45) is 0 Å². The van der Waals surface area contributed by atoms with Crippen LogP contribution in [0.1, 0.15) is 22.7 Å². The number of hydrogen-bond acceptors (Lipinski definition) is 4. The van der Waals surface area contributed by atoms with Crippen molar-refractivity contribution >= 4 is 71.2 Å². The molecule has 0 amide bonds. The Morgan fingerprint density at radius 3 is 2.60 bits per heavy atom. The van der Waals surface area contributed by atoms with Gasteiger partial charge in [-0.25, -0.2) is 0 Å². The van der Waals surface area contributed by atoms with E-state index in [1.54, 1.807) is 12.1 Å². The van der Waals surface area contributed by atoms with Crippen molar-refractivity contribution in [3.05, 3.63) is 75.6 Å². The summed E-state index contributed by atoms with van der Waals surface area (Å²) in [6.45, 7) is 0.459. The molecule has 0 bridgehead atoms. The molecule has 1 aliphatic rings. The minimum Gasteiger partial charge on any atom is -0.733 e. The highest BCUT2D eigenvalue weighted by Crippen LogP contribution is 2.51. The first-order valence-electron chi connectivity index (χ1n) is 7.31. The number of hydrogen-bond donors (Lipinski definition) is 1. The van der Waals surface area contributed by atoms with Crippen LogP contribution in [0.4, 0.5) is 5.69 Å². The summed E-state index contributed by atoms with van der Waals surface area (Å²) >= 11 is 17.2. The molecule has 1 atom stereocenters. The molecule has 1 aliphatic heterocycles. The molecule has 8 heteroatoms. The van der Waals surface area contributed by atoms with Gasteiger partial charge in [0.05, 0.1) is 11.7 Å². The third kappa shape index (κ3) is 4.23. The van der Waals surface area contributed by atoms with Gasteiger partial charge < -0.3 is 15.3 Å². The van der Waals surface area contributed by atoms with Gasteiger partial charge in [-0.2, -0.15) is 0 Å². The van der Waals surface area contributed by atoms with Crippen molar-refractivity contribution in [1.82, 2.24) is 4.90 Å². The maximum atomic E-state index is 11.2. The van der Waals surface area contributed by atoms with Gasteiger partial charge in [0, 0.05) is 17.8 Å². The van der Waals surface area contributed by atoms with Crippen LogP contribution >= 0.6 is 59.4 Å². The van der Waals surface area contributed by atoms with Crippen LogP contribution in [0.3, 0.4) is 0 Å². The highest BCUT2D eigenvalue weighted by molar-refractivity contribution is 9.39. The van der Waals surface area contributed by atoms with E-state index in [-0.39, 0.29) is 17.0 Å². The second-order valence-electron chi connectivity index (χ2n) is 5.61. The van der Waals surface area contributed by atoms with E-state index in [1.165, 1.54) is 6.07 Å². The van der Waals surface area contributed by atoms with Crippen molar-refractivity contribution in [1.29, 1.82) is 0 Å². The van der Waals surface area contributed by atoms with Crippen LogP contribution in [0.2, 0.25) is 5.02 Å². The van der Waals surface area contributed by atoms with Crippen LogP contribution in [-0.4, -0.2) is 12.2 Å². The average molecular weight is 552 g/mol. The average Bonchev–Trinajstić information content (AvgIpc) is 2.55. The Morgan fingerprint density at radius 1 is 1.20 bits per heavy atom. The Labute approximate surface area is 176 Å². The molecular formula is C17H13Br3ClN2O2-. The molecule has 2 aromatic carbocycles. The number of fused-ring (bicyclic) bond motifs is 1. The smallest absolute Gasteiger partial charge is 0.159 e. The van der Waals surface area contributed by atoms with E-state index in [0.717, 1.165) is 16.7 Å². The van der Waals surface area contributed by atoms with Crippen molar-refractivity contribution < 1.29 is 5.21 Å². The first kappa shape index (κ1) is 19.2. The van der Waals surface area contributed by atoms with Crippen LogP contribution in [0.5, 0.6) is 0 Å². The zero-order chi connectivity index (χ0) is 18.2. The number of alkyl halides is 3. The molecule has 0 aromatic heterocycles. The Balaban J connectivity index is 1.99. The molecule has 0 fully saturated rings. The van der Waals surface area contributed by atoms with E-state index in [1.807, 2.05) is 24.4 Å². The van der Waals surface area contributed by atoms with Gasteiger partial charge in [0.15, 0.2) is 2.14 Å². The summed E-state index contributed by atoms with van der Waals surface area (Å²) in [6.07, 6.45) is 4.02. The van der Waals surface area contributed by atoms with Crippen molar-refractivity contribution in [2.75, 3.05) is 5.23 Å². The molecule has 0 spiro atoms. The highest BCUT2D eigenvalue weighted by Gasteiger charge is 2.38. The largest absolute Gasteiger partial charge is 0.733 e. The summed E-state index contributed by atoms with van der Waals surface area (Å²) in [7, 11) is 0. The zero-order valence-electron chi connectivity index (χ0n) is 12.7. The molecule has 4 nitrogen and oxygen atoms in total. The molecule has 132 valence electrons. The monoisotopic (exact) mass is 549 g/mol. The first-order valence-corrected chi connectivity index (χ1v) is 10.1. The maximum absolute atomic E-state index is 11.2. The summed E-state index contributed by atoms with van der Waals surface area (Å²) in [5, 5.41) is 20.7. The molecule has 0 unspecified atom stereocenters. The van der Waals surface area contributed by atoms with Crippen LogP contribution in [0.25, 0.3) is 6.08 Å². The molecule has 1 heterocycles. The van der Waals surface area contributed by atoms with Crippen LogP contribution < -0.4 is 5.23 Å². The van der Waals surface area contributed by atoms with Crippen molar-refractivity contribution in [3.8, 4) is 0 Å². The number of anilines is 1. The molecule has 0 saturated carbocycles. The summed E-state index contributed by atoms with van der Waals surface area (Å²) in [4.78, 5) is 2.10. The molecular weight excluding hydrogens is 539 g/mol. The molecule has 25 heavy (non-hydrogen) atoms. The number of benzene rings is 2. The lowest BCUT2D eigenvalue weighted by Gasteiger charge is -2.40.